The van der Waals surface area contributed by atoms with Gasteiger partial charge in [-0.25, -0.2) is 5.43 Å². The van der Waals surface area contributed by atoms with E-state index in [9.17, 15) is 20.0 Å². The molecule has 1 N–H and O–H groups in total. The first kappa shape index (κ1) is 14.1. The molecule has 2 aromatic rings. The summed E-state index contributed by atoms with van der Waals surface area (Å²) in [5.41, 5.74) is 2.20. The number of nitrogens with one attached hydrogen (secondary N) is 1. The van der Waals surface area contributed by atoms with E-state index in [1.54, 1.807) is 12.1 Å². The van der Waals surface area contributed by atoms with Crippen LogP contribution in [0.3, 0.4) is 0 Å². The number of benzene rings is 1. The lowest BCUT2D eigenvalue weighted by Gasteiger charge is -2.05. The second-order valence-corrected chi connectivity index (χ2v) is 3.90. The highest BCUT2D eigenvalue weighted by molar-refractivity contribution is 5.93. The molecule has 106 valence electrons. The van der Waals surface area contributed by atoms with Crippen molar-refractivity contribution in [2.45, 2.75) is 0 Å². The van der Waals surface area contributed by atoms with Gasteiger partial charge in [-0.2, -0.15) is 5.10 Å². The van der Waals surface area contributed by atoms with Gasteiger partial charge in [-0.15, -0.1) is 0 Å². The lowest BCUT2D eigenvalue weighted by Crippen LogP contribution is -2.18. The SMILES string of the molecule is O=C(N/N=C\c1ccc([O-])c([N+](=O)[O-])c1)c1ccccn1. The van der Waals surface area contributed by atoms with Crippen LogP contribution in [-0.2, 0) is 0 Å². The average molecular weight is 285 g/mol. The summed E-state index contributed by atoms with van der Waals surface area (Å²) in [7, 11) is 0. The second-order valence-electron chi connectivity index (χ2n) is 3.90. The Morgan fingerprint density at radius 1 is 1.33 bits per heavy atom. The van der Waals surface area contributed by atoms with Crippen molar-refractivity contribution >= 4 is 17.8 Å². The van der Waals surface area contributed by atoms with E-state index < -0.39 is 22.3 Å². The van der Waals surface area contributed by atoms with E-state index in [1.165, 1.54) is 24.5 Å². The summed E-state index contributed by atoms with van der Waals surface area (Å²) < 4.78 is 0. The van der Waals surface area contributed by atoms with E-state index in [4.69, 9.17) is 0 Å². The highest BCUT2D eigenvalue weighted by Gasteiger charge is 2.07. The fourth-order valence-corrected chi connectivity index (χ4v) is 1.48. The van der Waals surface area contributed by atoms with Crippen LogP contribution in [0, 0.1) is 10.1 Å². The number of amides is 1. The van der Waals surface area contributed by atoms with Crippen molar-refractivity contribution in [1.29, 1.82) is 0 Å². The maximum atomic E-state index is 11.6. The van der Waals surface area contributed by atoms with Gasteiger partial charge in [0.05, 0.1) is 11.1 Å². The van der Waals surface area contributed by atoms with E-state index in [2.05, 4.69) is 15.5 Å². The number of aromatic nitrogens is 1. The molecular weight excluding hydrogens is 276 g/mol. The molecule has 0 bridgehead atoms. The number of hydrogen-bond acceptors (Lipinski definition) is 6. The van der Waals surface area contributed by atoms with Crippen LogP contribution >= 0.6 is 0 Å². The van der Waals surface area contributed by atoms with Crippen molar-refractivity contribution in [1.82, 2.24) is 10.4 Å². The van der Waals surface area contributed by atoms with E-state index in [0.29, 0.717) is 5.56 Å². The number of nitrogens with zero attached hydrogens (tertiary/aromatic N) is 3. The fraction of sp³-hybridized carbons (Fsp3) is 0. The number of pyridine rings is 1. The van der Waals surface area contributed by atoms with Crippen LogP contribution in [0.15, 0.2) is 47.7 Å². The van der Waals surface area contributed by atoms with Gasteiger partial charge in [-0.05, 0) is 17.9 Å². The van der Waals surface area contributed by atoms with Gasteiger partial charge in [0.2, 0.25) is 0 Å². The molecule has 0 fully saturated rings. The average Bonchev–Trinajstić information content (AvgIpc) is 2.49. The maximum Gasteiger partial charge on any atom is 0.289 e. The summed E-state index contributed by atoms with van der Waals surface area (Å²) in [6.45, 7) is 0. The van der Waals surface area contributed by atoms with Crippen LogP contribution < -0.4 is 10.5 Å². The molecule has 0 aliphatic carbocycles. The molecule has 1 aromatic heterocycles. The molecule has 8 nitrogen and oxygen atoms in total. The first-order valence-electron chi connectivity index (χ1n) is 5.78. The standard InChI is InChI=1S/C13H10N4O4/c18-12-5-4-9(7-11(12)17(20)21)8-15-16-13(19)10-3-1-2-6-14-10/h1-8,18H,(H,16,19)/p-1/b15-8-. The summed E-state index contributed by atoms with van der Waals surface area (Å²) in [4.78, 5) is 25.3. The van der Waals surface area contributed by atoms with Crippen LogP contribution in [0.5, 0.6) is 5.75 Å². The van der Waals surface area contributed by atoms with Crippen LogP contribution in [-0.4, -0.2) is 22.0 Å². The van der Waals surface area contributed by atoms with Crippen LogP contribution in [0.4, 0.5) is 5.69 Å². The van der Waals surface area contributed by atoms with Crippen LogP contribution in [0.25, 0.3) is 0 Å². The fourth-order valence-electron chi connectivity index (χ4n) is 1.48. The van der Waals surface area contributed by atoms with Gasteiger partial charge in [0.1, 0.15) is 5.69 Å². The molecule has 0 aliphatic heterocycles. The number of nitro benzene ring substituents is 1. The summed E-state index contributed by atoms with van der Waals surface area (Å²) in [6.07, 6.45) is 2.67. The normalized spacial score (nSPS) is 10.5. The Bertz CT molecular complexity index is 701. The van der Waals surface area contributed by atoms with Crippen molar-refractivity contribution in [2.75, 3.05) is 0 Å². The third-order valence-corrected chi connectivity index (χ3v) is 2.46. The molecule has 0 saturated carbocycles. The molecule has 0 spiro atoms. The second kappa shape index (κ2) is 6.24. The van der Waals surface area contributed by atoms with E-state index in [-0.39, 0.29) is 5.69 Å². The molecular formula is C13H9N4O4-. The van der Waals surface area contributed by atoms with Crippen LogP contribution in [0.2, 0.25) is 0 Å². The molecule has 1 heterocycles. The Hall–Kier alpha value is -3.29. The Morgan fingerprint density at radius 3 is 2.81 bits per heavy atom. The largest absolute Gasteiger partial charge is 0.868 e. The lowest BCUT2D eigenvalue weighted by atomic mass is 10.2. The van der Waals surface area contributed by atoms with Gasteiger partial charge >= 0.3 is 0 Å². The van der Waals surface area contributed by atoms with Crippen LogP contribution in [0.1, 0.15) is 16.1 Å². The smallest absolute Gasteiger partial charge is 0.289 e. The van der Waals surface area contributed by atoms with Gasteiger partial charge < -0.3 is 5.11 Å². The van der Waals surface area contributed by atoms with Crippen molar-refractivity contribution in [3.05, 3.63) is 64.0 Å². The summed E-state index contributed by atoms with van der Waals surface area (Å²) in [5, 5.41) is 25.5. The zero-order valence-corrected chi connectivity index (χ0v) is 10.6. The summed E-state index contributed by atoms with van der Waals surface area (Å²) in [6, 6.07) is 8.36. The predicted molar refractivity (Wildman–Crippen MR) is 71.8 cm³/mol. The highest BCUT2D eigenvalue weighted by atomic mass is 16.6. The molecule has 2 rings (SSSR count). The van der Waals surface area contributed by atoms with E-state index in [1.807, 2.05) is 0 Å². The number of hydrogen-bond donors (Lipinski definition) is 1. The van der Waals surface area contributed by atoms with Gasteiger partial charge in [0.25, 0.3) is 11.6 Å². The Kier molecular flexibility index (Phi) is 4.20. The zero-order chi connectivity index (χ0) is 15.2. The monoisotopic (exact) mass is 285 g/mol. The Balaban J connectivity index is 2.07. The van der Waals surface area contributed by atoms with Gasteiger partial charge in [0.15, 0.2) is 0 Å². The van der Waals surface area contributed by atoms with E-state index in [0.717, 1.165) is 12.1 Å². The minimum Gasteiger partial charge on any atom is -0.868 e. The number of rotatable bonds is 4. The third kappa shape index (κ3) is 3.60. The zero-order valence-electron chi connectivity index (χ0n) is 10.6. The minimum atomic E-state index is -0.772. The number of carbonyl (C=O) groups is 1. The molecule has 1 aromatic carbocycles. The molecule has 0 aliphatic rings. The highest BCUT2D eigenvalue weighted by Crippen LogP contribution is 2.22. The molecule has 8 heteroatoms. The quantitative estimate of drug-likeness (QED) is 0.506. The lowest BCUT2D eigenvalue weighted by molar-refractivity contribution is -0.398. The van der Waals surface area contributed by atoms with Crippen molar-refractivity contribution in [3.8, 4) is 5.75 Å². The minimum absolute atomic E-state index is 0.190. The first-order chi connectivity index (χ1) is 10.1. The molecule has 0 saturated heterocycles. The third-order valence-electron chi connectivity index (χ3n) is 2.46. The Morgan fingerprint density at radius 2 is 2.14 bits per heavy atom. The molecule has 0 unspecified atom stereocenters. The molecule has 0 radical (unpaired) electrons. The predicted octanol–water partition coefficient (Wildman–Crippen LogP) is 0.827. The van der Waals surface area contributed by atoms with Gasteiger partial charge in [-0.3, -0.25) is 19.9 Å². The van der Waals surface area contributed by atoms with Gasteiger partial charge in [0, 0.05) is 17.8 Å². The number of hydrazone groups is 1. The molecule has 21 heavy (non-hydrogen) atoms. The van der Waals surface area contributed by atoms with Gasteiger partial charge in [-0.1, -0.05) is 18.2 Å². The number of nitro groups is 1. The van der Waals surface area contributed by atoms with Crippen molar-refractivity contribution in [3.63, 3.8) is 0 Å². The summed E-state index contributed by atoms with van der Waals surface area (Å²) in [5.74, 6) is -1.20. The topological polar surface area (TPSA) is 121 Å². The molecule has 0 atom stereocenters. The number of carbonyl (C=O) groups excluding carboxylic acids is 1. The first-order valence-corrected chi connectivity index (χ1v) is 5.78. The summed E-state index contributed by atoms with van der Waals surface area (Å²) >= 11 is 0. The van der Waals surface area contributed by atoms with Crippen molar-refractivity contribution < 1.29 is 14.8 Å². The maximum absolute atomic E-state index is 11.6. The van der Waals surface area contributed by atoms with E-state index >= 15 is 0 Å². The molecule has 1 amide bonds. The van der Waals surface area contributed by atoms with Crippen molar-refractivity contribution in [2.24, 2.45) is 5.10 Å². The Labute approximate surface area is 118 Å².